The number of carbonyl (C=O) groups is 1. The first-order chi connectivity index (χ1) is 9.10. The molecule has 1 amide bonds. The molecule has 0 saturated carbocycles. The Morgan fingerprint density at radius 2 is 2.11 bits per heavy atom. The minimum absolute atomic E-state index is 0.290. The van der Waals surface area contributed by atoms with Crippen LogP contribution >= 0.6 is 0 Å². The molecule has 3 heteroatoms. The van der Waals surface area contributed by atoms with Gasteiger partial charge in [0.15, 0.2) is 0 Å². The fourth-order valence-corrected chi connectivity index (χ4v) is 2.67. The number of amides is 1. The van der Waals surface area contributed by atoms with E-state index in [-0.39, 0.29) is 0 Å². The molecule has 104 valence electrons. The van der Waals surface area contributed by atoms with Crippen molar-refractivity contribution in [2.75, 3.05) is 13.6 Å². The molecular formula is C16H24N2O. The quantitative estimate of drug-likeness (QED) is 0.905. The summed E-state index contributed by atoms with van der Waals surface area (Å²) in [5.41, 5.74) is 3.81. The van der Waals surface area contributed by atoms with E-state index < -0.39 is 0 Å². The van der Waals surface area contributed by atoms with E-state index >= 15 is 0 Å². The molecule has 1 saturated heterocycles. The van der Waals surface area contributed by atoms with Crippen LogP contribution in [-0.4, -0.2) is 30.4 Å². The fraction of sp³-hybridized carbons (Fsp3) is 0.562. The van der Waals surface area contributed by atoms with Crippen molar-refractivity contribution in [3.05, 3.63) is 34.9 Å². The van der Waals surface area contributed by atoms with Crippen molar-refractivity contribution < 1.29 is 4.79 Å². The highest BCUT2D eigenvalue weighted by Gasteiger charge is 2.21. The summed E-state index contributed by atoms with van der Waals surface area (Å²) in [7, 11) is 1.98. The van der Waals surface area contributed by atoms with Crippen LogP contribution in [0.5, 0.6) is 0 Å². The zero-order valence-electron chi connectivity index (χ0n) is 12.2. The second-order valence-electron chi connectivity index (χ2n) is 5.56. The van der Waals surface area contributed by atoms with E-state index in [2.05, 4.69) is 37.4 Å². The number of nitrogens with one attached hydrogen (secondary N) is 1. The van der Waals surface area contributed by atoms with Gasteiger partial charge < -0.3 is 10.2 Å². The van der Waals surface area contributed by atoms with E-state index in [1.165, 1.54) is 16.7 Å². The van der Waals surface area contributed by atoms with Gasteiger partial charge in [-0.2, -0.15) is 0 Å². The Bertz CT molecular complexity index is 456. The lowest BCUT2D eigenvalue weighted by Gasteiger charge is -2.22. The zero-order chi connectivity index (χ0) is 13.8. The first kappa shape index (κ1) is 14.1. The molecule has 1 N–H and O–H groups in total. The molecule has 1 atom stereocenters. The van der Waals surface area contributed by atoms with Crippen LogP contribution in [-0.2, 0) is 11.3 Å². The summed E-state index contributed by atoms with van der Waals surface area (Å²) in [6.45, 7) is 5.83. The summed E-state index contributed by atoms with van der Waals surface area (Å²) in [4.78, 5) is 14.2. The van der Waals surface area contributed by atoms with Crippen molar-refractivity contribution in [1.82, 2.24) is 10.2 Å². The van der Waals surface area contributed by atoms with E-state index in [0.717, 1.165) is 25.9 Å². The summed E-state index contributed by atoms with van der Waals surface area (Å²) in [6.07, 6.45) is 2.67. The van der Waals surface area contributed by atoms with Crippen molar-refractivity contribution in [3.63, 3.8) is 0 Å². The number of benzene rings is 1. The Morgan fingerprint density at radius 3 is 2.84 bits per heavy atom. The van der Waals surface area contributed by atoms with Gasteiger partial charge in [-0.25, -0.2) is 0 Å². The molecule has 1 aromatic carbocycles. The van der Waals surface area contributed by atoms with Crippen LogP contribution in [0.1, 0.15) is 36.0 Å². The van der Waals surface area contributed by atoms with Gasteiger partial charge in [-0.05, 0) is 44.9 Å². The first-order valence-corrected chi connectivity index (χ1v) is 7.11. The van der Waals surface area contributed by atoms with Gasteiger partial charge in [-0.15, -0.1) is 0 Å². The zero-order valence-corrected chi connectivity index (χ0v) is 12.2. The van der Waals surface area contributed by atoms with E-state index in [1.807, 2.05) is 11.9 Å². The van der Waals surface area contributed by atoms with Gasteiger partial charge in [-0.1, -0.05) is 23.8 Å². The molecule has 1 aromatic rings. The molecule has 1 heterocycles. The van der Waals surface area contributed by atoms with Crippen LogP contribution in [0, 0.1) is 13.8 Å². The minimum Gasteiger partial charge on any atom is -0.338 e. The van der Waals surface area contributed by atoms with E-state index in [9.17, 15) is 4.79 Å². The molecule has 2 rings (SSSR count). The van der Waals surface area contributed by atoms with Crippen LogP contribution in [0.2, 0.25) is 0 Å². The summed E-state index contributed by atoms with van der Waals surface area (Å²) < 4.78 is 0. The Hall–Kier alpha value is -1.35. The predicted molar refractivity (Wildman–Crippen MR) is 78.0 cm³/mol. The summed E-state index contributed by atoms with van der Waals surface area (Å²) >= 11 is 0. The van der Waals surface area contributed by atoms with Gasteiger partial charge in [0.05, 0.1) is 0 Å². The number of hydrogen-bond donors (Lipinski definition) is 1. The maximum Gasteiger partial charge on any atom is 0.222 e. The Kier molecular flexibility index (Phi) is 4.59. The van der Waals surface area contributed by atoms with Gasteiger partial charge >= 0.3 is 0 Å². The number of nitrogens with zero attached hydrogens (tertiary/aromatic N) is 1. The lowest BCUT2D eigenvalue weighted by Crippen LogP contribution is -2.31. The summed E-state index contributed by atoms with van der Waals surface area (Å²) in [5.74, 6) is 0.290. The molecule has 0 spiro atoms. The van der Waals surface area contributed by atoms with Crippen molar-refractivity contribution in [1.29, 1.82) is 0 Å². The third kappa shape index (κ3) is 3.57. The lowest BCUT2D eigenvalue weighted by molar-refractivity contribution is -0.131. The number of carbonyl (C=O) groups excluding carboxylic acids is 1. The van der Waals surface area contributed by atoms with Gasteiger partial charge in [0.1, 0.15) is 0 Å². The van der Waals surface area contributed by atoms with Crippen LogP contribution in [0.3, 0.4) is 0 Å². The van der Waals surface area contributed by atoms with Crippen LogP contribution in [0.25, 0.3) is 0 Å². The van der Waals surface area contributed by atoms with Gasteiger partial charge in [0.25, 0.3) is 0 Å². The SMILES string of the molecule is CNC1CCC(=O)N(Cc2cc(C)ccc2C)CC1. The highest BCUT2D eigenvalue weighted by atomic mass is 16.2. The van der Waals surface area contributed by atoms with Crippen LogP contribution in [0.4, 0.5) is 0 Å². The highest BCUT2D eigenvalue weighted by molar-refractivity contribution is 5.76. The molecule has 0 aliphatic carbocycles. The van der Waals surface area contributed by atoms with E-state index in [1.54, 1.807) is 0 Å². The largest absolute Gasteiger partial charge is 0.338 e. The molecule has 1 aliphatic heterocycles. The molecule has 1 unspecified atom stereocenters. The Morgan fingerprint density at radius 1 is 1.32 bits per heavy atom. The minimum atomic E-state index is 0.290. The maximum absolute atomic E-state index is 12.2. The molecule has 19 heavy (non-hydrogen) atoms. The molecule has 1 aliphatic rings. The molecule has 0 radical (unpaired) electrons. The molecule has 0 aromatic heterocycles. The smallest absolute Gasteiger partial charge is 0.222 e. The topological polar surface area (TPSA) is 32.3 Å². The lowest BCUT2D eigenvalue weighted by atomic mass is 10.1. The molecular weight excluding hydrogens is 236 g/mol. The van der Waals surface area contributed by atoms with Crippen LogP contribution < -0.4 is 5.32 Å². The summed E-state index contributed by atoms with van der Waals surface area (Å²) in [6, 6.07) is 6.94. The predicted octanol–water partition coefficient (Wildman–Crippen LogP) is 2.40. The Labute approximate surface area is 116 Å². The van der Waals surface area contributed by atoms with Crippen molar-refractivity contribution >= 4 is 5.91 Å². The van der Waals surface area contributed by atoms with E-state index in [0.29, 0.717) is 18.4 Å². The number of likely N-dealkylation sites (tertiary alicyclic amines) is 1. The maximum atomic E-state index is 12.2. The number of rotatable bonds is 3. The van der Waals surface area contributed by atoms with Crippen molar-refractivity contribution in [2.45, 2.75) is 45.7 Å². The fourth-order valence-electron chi connectivity index (χ4n) is 2.67. The standard InChI is InChI=1S/C16H24N2O/c1-12-4-5-13(2)14(10-12)11-18-9-8-15(17-3)6-7-16(18)19/h4-5,10,15,17H,6-9,11H2,1-3H3. The second-order valence-corrected chi connectivity index (χ2v) is 5.56. The molecule has 1 fully saturated rings. The average molecular weight is 260 g/mol. The normalized spacial score (nSPS) is 20.5. The molecule has 3 nitrogen and oxygen atoms in total. The van der Waals surface area contributed by atoms with Gasteiger partial charge in [-0.3, -0.25) is 4.79 Å². The second kappa shape index (κ2) is 6.20. The van der Waals surface area contributed by atoms with Crippen LogP contribution in [0.15, 0.2) is 18.2 Å². The highest BCUT2D eigenvalue weighted by Crippen LogP contribution is 2.18. The third-order valence-electron chi connectivity index (χ3n) is 4.08. The van der Waals surface area contributed by atoms with Crippen molar-refractivity contribution in [3.8, 4) is 0 Å². The van der Waals surface area contributed by atoms with Gasteiger partial charge in [0, 0.05) is 25.6 Å². The summed E-state index contributed by atoms with van der Waals surface area (Å²) in [5, 5.41) is 3.29. The Balaban J connectivity index is 2.09. The third-order valence-corrected chi connectivity index (χ3v) is 4.08. The van der Waals surface area contributed by atoms with Gasteiger partial charge in [0.2, 0.25) is 5.91 Å². The van der Waals surface area contributed by atoms with E-state index in [4.69, 9.17) is 0 Å². The number of aryl methyl sites for hydroxylation is 2. The van der Waals surface area contributed by atoms with Crippen molar-refractivity contribution in [2.24, 2.45) is 0 Å². The number of hydrogen-bond acceptors (Lipinski definition) is 2. The first-order valence-electron chi connectivity index (χ1n) is 7.11. The molecule has 0 bridgehead atoms. The average Bonchev–Trinajstić information content (AvgIpc) is 2.57. The monoisotopic (exact) mass is 260 g/mol.